The molecule has 1 amide bonds. The van der Waals surface area contributed by atoms with Crippen LogP contribution in [0.3, 0.4) is 0 Å². The van der Waals surface area contributed by atoms with Crippen molar-refractivity contribution in [3.8, 4) is 0 Å². The molecule has 1 aliphatic carbocycles. The van der Waals surface area contributed by atoms with Crippen LogP contribution in [0.4, 0.5) is 0 Å². The molecule has 0 unspecified atom stereocenters. The average molecular weight is 210 g/mol. The number of amides is 1. The van der Waals surface area contributed by atoms with Crippen LogP contribution in [-0.4, -0.2) is 38.2 Å². The Balaban J connectivity index is 1.73. The molecule has 6 nitrogen and oxygen atoms in total. The maximum Gasteiger partial charge on any atom is 0.241 e. The Bertz CT molecular complexity index is 332. The van der Waals surface area contributed by atoms with Gasteiger partial charge in [-0.3, -0.25) is 4.79 Å². The maximum atomic E-state index is 11.4. The molecule has 2 N–H and O–H groups in total. The summed E-state index contributed by atoms with van der Waals surface area (Å²) in [5.41, 5.74) is -0.669. The minimum atomic E-state index is -0.669. The van der Waals surface area contributed by atoms with Gasteiger partial charge >= 0.3 is 0 Å². The average Bonchev–Trinajstić information content (AvgIpc) is 2.64. The van der Waals surface area contributed by atoms with Crippen molar-refractivity contribution in [3.63, 3.8) is 0 Å². The van der Waals surface area contributed by atoms with Crippen LogP contribution in [0.2, 0.25) is 0 Å². The molecular formula is C9H14N4O2. The number of hydrogen-bond acceptors (Lipinski definition) is 4. The van der Waals surface area contributed by atoms with E-state index >= 15 is 0 Å². The minimum absolute atomic E-state index is 0.149. The van der Waals surface area contributed by atoms with Gasteiger partial charge in [0.1, 0.15) is 6.54 Å². The van der Waals surface area contributed by atoms with E-state index in [2.05, 4.69) is 15.6 Å². The van der Waals surface area contributed by atoms with Gasteiger partial charge in [0.15, 0.2) is 0 Å². The second kappa shape index (κ2) is 3.98. The fraction of sp³-hybridized carbons (Fsp3) is 0.667. The molecule has 1 heterocycles. The molecule has 1 aromatic rings. The first kappa shape index (κ1) is 10.1. The van der Waals surface area contributed by atoms with E-state index < -0.39 is 5.60 Å². The smallest absolute Gasteiger partial charge is 0.241 e. The maximum absolute atomic E-state index is 11.4. The van der Waals surface area contributed by atoms with Gasteiger partial charge in [-0.25, -0.2) is 4.68 Å². The van der Waals surface area contributed by atoms with Crippen molar-refractivity contribution in [1.29, 1.82) is 0 Å². The SMILES string of the molecule is O=C(Cn1ccnn1)NCC1(O)CCC1. The van der Waals surface area contributed by atoms with E-state index in [1.807, 2.05) is 0 Å². The lowest BCUT2D eigenvalue weighted by Crippen LogP contribution is -2.48. The van der Waals surface area contributed by atoms with Crippen molar-refractivity contribution in [2.24, 2.45) is 0 Å². The Morgan fingerprint density at radius 3 is 2.93 bits per heavy atom. The second-order valence-corrected chi connectivity index (χ2v) is 3.96. The van der Waals surface area contributed by atoms with E-state index in [0.29, 0.717) is 6.54 Å². The largest absolute Gasteiger partial charge is 0.388 e. The Morgan fingerprint density at radius 1 is 1.60 bits per heavy atom. The summed E-state index contributed by atoms with van der Waals surface area (Å²) < 4.78 is 1.44. The number of nitrogens with zero attached hydrogens (tertiary/aromatic N) is 3. The highest BCUT2D eigenvalue weighted by Crippen LogP contribution is 2.30. The molecule has 0 aliphatic heterocycles. The molecule has 1 fully saturated rings. The van der Waals surface area contributed by atoms with E-state index in [0.717, 1.165) is 19.3 Å². The van der Waals surface area contributed by atoms with Gasteiger partial charge in [0.05, 0.1) is 11.8 Å². The molecule has 0 aromatic carbocycles. The quantitative estimate of drug-likeness (QED) is 0.689. The third kappa shape index (κ3) is 2.53. The molecule has 15 heavy (non-hydrogen) atoms. The van der Waals surface area contributed by atoms with E-state index in [-0.39, 0.29) is 12.5 Å². The molecule has 2 rings (SSSR count). The fourth-order valence-electron chi connectivity index (χ4n) is 1.54. The van der Waals surface area contributed by atoms with Gasteiger partial charge in [-0.2, -0.15) is 0 Å². The highest BCUT2D eigenvalue weighted by Gasteiger charge is 2.34. The van der Waals surface area contributed by atoms with Crippen molar-refractivity contribution in [2.45, 2.75) is 31.4 Å². The van der Waals surface area contributed by atoms with Crippen LogP contribution in [0.25, 0.3) is 0 Å². The monoisotopic (exact) mass is 210 g/mol. The molecule has 0 saturated heterocycles. The van der Waals surface area contributed by atoms with Crippen LogP contribution in [0, 0.1) is 0 Å². The van der Waals surface area contributed by atoms with Crippen LogP contribution >= 0.6 is 0 Å². The predicted octanol–water partition coefficient (Wildman–Crippen LogP) is -0.691. The van der Waals surface area contributed by atoms with Crippen molar-refractivity contribution in [2.75, 3.05) is 6.54 Å². The lowest BCUT2D eigenvalue weighted by atomic mass is 9.80. The van der Waals surface area contributed by atoms with Gasteiger partial charge in [-0.1, -0.05) is 5.21 Å². The molecule has 1 aliphatic rings. The first-order valence-electron chi connectivity index (χ1n) is 5.01. The van der Waals surface area contributed by atoms with Crippen LogP contribution in [0.1, 0.15) is 19.3 Å². The molecule has 6 heteroatoms. The summed E-state index contributed by atoms with van der Waals surface area (Å²) in [5.74, 6) is -0.152. The second-order valence-electron chi connectivity index (χ2n) is 3.96. The molecule has 0 atom stereocenters. The number of carbonyl (C=O) groups is 1. The van der Waals surface area contributed by atoms with E-state index in [1.54, 1.807) is 6.20 Å². The number of carbonyl (C=O) groups excluding carboxylic acids is 1. The Kier molecular flexibility index (Phi) is 2.68. The summed E-state index contributed by atoms with van der Waals surface area (Å²) in [7, 11) is 0. The number of aliphatic hydroxyl groups is 1. The van der Waals surface area contributed by atoms with Crippen LogP contribution in [0.15, 0.2) is 12.4 Å². The van der Waals surface area contributed by atoms with Crippen LogP contribution in [-0.2, 0) is 11.3 Å². The number of aromatic nitrogens is 3. The van der Waals surface area contributed by atoms with Crippen molar-refractivity contribution < 1.29 is 9.90 Å². The van der Waals surface area contributed by atoms with Gasteiger partial charge in [-0.15, -0.1) is 5.10 Å². The summed E-state index contributed by atoms with van der Waals surface area (Å²) >= 11 is 0. The first-order chi connectivity index (χ1) is 7.18. The summed E-state index contributed by atoms with van der Waals surface area (Å²) in [4.78, 5) is 11.4. The molecule has 0 spiro atoms. The van der Waals surface area contributed by atoms with Crippen LogP contribution in [0.5, 0.6) is 0 Å². The Labute approximate surface area is 87.3 Å². The topological polar surface area (TPSA) is 80.0 Å². The standard InChI is InChI=1S/C9H14N4O2/c14-8(6-13-5-4-11-12-13)10-7-9(15)2-1-3-9/h4-5,15H,1-3,6-7H2,(H,10,14). The van der Waals surface area contributed by atoms with Gasteiger partial charge < -0.3 is 10.4 Å². The Hall–Kier alpha value is -1.43. The van der Waals surface area contributed by atoms with Gasteiger partial charge in [0.2, 0.25) is 5.91 Å². The molecule has 0 radical (unpaired) electrons. The fourth-order valence-corrected chi connectivity index (χ4v) is 1.54. The zero-order valence-electron chi connectivity index (χ0n) is 8.39. The van der Waals surface area contributed by atoms with E-state index in [1.165, 1.54) is 10.9 Å². The number of nitrogens with one attached hydrogen (secondary N) is 1. The normalized spacial score (nSPS) is 18.2. The zero-order valence-corrected chi connectivity index (χ0v) is 8.39. The third-order valence-electron chi connectivity index (χ3n) is 2.68. The summed E-state index contributed by atoms with van der Waals surface area (Å²) in [6.45, 7) is 0.483. The highest BCUT2D eigenvalue weighted by molar-refractivity contribution is 5.75. The first-order valence-corrected chi connectivity index (χ1v) is 5.01. The minimum Gasteiger partial charge on any atom is -0.388 e. The van der Waals surface area contributed by atoms with Gasteiger partial charge in [0, 0.05) is 12.7 Å². The number of hydrogen-bond donors (Lipinski definition) is 2. The van der Waals surface area contributed by atoms with Gasteiger partial charge in [-0.05, 0) is 19.3 Å². The van der Waals surface area contributed by atoms with Crippen molar-refractivity contribution >= 4 is 5.91 Å². The highest BCUT2D eigenvalue weighted by atomic mass is 16.3. The Morgan fingerprint density at radius 2 is 2.40 bits per heavy atom. The molecule has 1 aromatic heterocycles. The molecule has 82 valence electrons. The zero-order chi connectivity index (χ0) is 10.7. The summed E-state index contributed by atoms with van der Waals surface area (Å²) in [6.07, 6.45) is 5.73. The van der Waals surface area contributed by atoms with Gasteiger partial charge in [0.25, 0.3) is 0 Å². The van der Waals surface area contributed by atoms with Crippen molar-refractivity contribution in [1.82, 2.24) is 20.3 Å². The van der Waals surface area contributed by atoms with E-state index in [9.17, 15) is 9.90 Å². The summed E-state index contributed by atoms with van der Waals surface area (Å²) in [6, 6.07) is 0. The van der Waals surface area contributed by atoms with E-state index in [4.69, 9.17) is 0 Å². The van der Waals surface area contributed by atoms with Crippen LogP contribution < -0.4 is 5.32 Å². The lowest BCUT2D eigenvalue weighted by Gasteiger charge is -2.36. The predicted molar refractivity (Wildman–Crippen MR) is 51.8 cm³/mol. The molecule has 0 bridgehead atoms. The molecular weight excluding hydrogens is 196 g/mol. The molecule has 1 saturated carbocycles. The van der Waals surface area contributed by atoms with Crippen molar-refractivity contribution in [3.05, 3.63) is 12.4 Å². The number of rotatable bonds is 4. The third-order valence-corrected chi connectivity index (χ3v) is 2.68. The lowest BCUT2D eigenvalue weighted by molar-refractivity contribution is -0.124. The summed E-state index contributed by atoms with van der Waals surface area (Å²) in [5, 5.41) is 19.7.